The lowest BCUT2D eigenvalue weighted by Gasteiger charge is -2.25. The van der Waals surface area contributed by atoms with Crippen LogP contribution in [0.3, 0.4) is 0 Å². The summed E-state index contributed by atoms with van der Waals surface area (Å²) in [7, 11) is 0. The van der Waals surface area contributed by atoms with E-state index in [4.69, 9.17) is 0 Å². The van der Waals surface area contributed by atoms with Crippen LogP contribution in [0.25, 0.3) is 0 Å². The van der Waals surface area contributed by atoms with Crippen molar-refractivity contribution >= 4 is 5.91 Å². The van der Waals surface area contributed by atoms with Crippen LogP contribution in [0.1, 0.15) is 18.5 Å². The van der Waals surface area contributed by atoms with Gasteiger partial charge in [0.2, 0.25) is 5.91 Å². The second kappa shape index (κ2) is 4.15. The van der Waals surface area contributed by atoms with Crippen LogP contribution in [0.15, 0.2) is 30.3 Å². The molecule has 1 aromatic rings. The van der Waals surface area contributed by atoms with E-state index >= 15 is 0 Å². The van der Waals surface area contributed by atoms with Crippen LogP contribution in [0, 0.1) is 11.8 Å². The topological polar surface area (TPSA) is 32.3 Å². The van der Waals surface area contributed by atoms with Crippen molar-refractivity contribution in [2.45, 2.75) is 13.0 Å². The summed E-state index contributed by atoms with van der Waals surface area (Å²) in [4.78, 5) is 14.1. The molecule has 0 bridgehead atoms. The van der Waals surface area contributed by atoms with Crippen LogP contribution < -0.4 is 5.32 Å². The fraction of sp³-hybridized carbons (Fsp3) is 0.500. The highest BCUT2D eigenvalue weighted by molar-refractivity contribution is 5.81. The Labute approximate surface area is 102 Å². The average Bonchev–Trinajstić information content (AvgIpc) is 2.92. The van der Waals surface area contributed by atoms with Gasteiger partial charge >= 0.3 is 0 Å². The quantitative estimate of drug-likeness (QED) is 0.833. The molecule has 90 valence electrons. The first kappa shape index (κ1) is 10.8. The minimum Gasteiger partial charge on any atom is -0.355 e. The highest BCUT2D eigenvalue weighted by Crippen LogP contribution is 2.33. The van der Waals surface area contributed by atoms with Crippen molar-refractivity contribution in [3.05, 3.63) is 35.9 Å². The molecule has 0 spiro atoms. The van der Waals surface area contributed by atoms with Gasteiger partial charge in [-0.3, -0.25) is 9.69 Å². The Hall–Kier alpha value is -1.35. The summed E-state index contributed by atoms with van der Waals surface area (Å²) in [5.74, 6) is 0.993. The maximum absolute atomic E-state index is 11.6. The molecule has 1 N–H and O–H groups in total. The predicted octanol–water partition coefficient (Wildman–Crippen LogP) is 1.43. The van der Waals surface area contributed by atoms with E-state index in [1.807, 2.05) is 6.07 Å². The smallest absolute Gasteiger partial charge is 0.224 e. The molecular formula is C14H18N2O. The van der Waals surface area contributed by atoms with E-state index in [1.165, 1.54) is 5.56 Å². The standard InChI is InChI=1S/C14H18N2O/c1-10(11-5-3-2-4-6-11)16-8-12-7-15-14(17)13(12)9-16/h2-6,10,12-13H,7-9H2,1H3,(H,15,17)/t10-,12-,13+/m0/s1. The summed E-state index contributed by atoms with van der Waals surface area (Å²) in [5, 5.41) is 2.96. The second-order valence-corrected chi connectivity index (χ2v) is 5.15. The van der Waals surface area contributed by atoms with Crippen LogP contribution in [-0.4, -0.2) is 30.4 Å². The summed E-state index contributed by atoms with van der Waals surface area (Å²) >= 11 is 0. The molecule has 2 saturated heterocycles. The minimum atomic E-state index is 0.223. The molecule has 2 fully saturated rings. The van der Waals surface area contributed by atoms with E-state index in [9.17, 15) is 4.79 Å². The molecule has 2 aliphatic heterocycles. The number of benzene rings is 1. The van der Waals surface area contributed by atoms with Gasteiger partial charge in [0.05, 0.1) is 5.92 Å². The molecule has 0 saturated carbocycles. The van der Waals surface area contributed by atoms with E-state index in [0.717, 1.165) is 19.6 Å². The summed E-state index contributed by atoms with van der Waals surface area (Å²) in [6.07, 6.45) is 0. The van der Waals surface area contributed by atoms with Crippen molar-refractivity contribution in [1.82, 2.24) is 10.2 Å². The maximum Gasteiger partial charge on any atom is 0.224 e. The lowest BCUT2D eigenvalue weighted by Crippen LogP contribution is -2.30. The Kier molecular flexibility index (Phi) is 2.63. The molecule has 3 rings (SSSR count). The Morgan fingerprint density at radius 3 is 2.76 bits per heavy atom. The third-order valence-corrected chi connectivity index (χ3v) is 4.17. The Bertz CT molecular complexity index is 417. The fourth-order valence-electron chi connectivity index (χ4n) is 3.03. The molecule has 0 unspecified atom stereocenters. The van der Waals surface area contributed by atoms with Crippen molar-refractivity contribution in [1.29, 1.82) is 0 Å². The van der Waals surface area contributed by atoms with Crippen LogP contribution in [0.5, 0.6) is 0 Å². The summed E-state index contributed by atoms with van der Waals surface area (Å²) < 4.78 is 0. The fourth-order valence-corrected chi connectivity index (χ4v) is 3.03. The van der Waals surface area contributed by atoms with Gasteiger partial charge in [-0.15, -0.1) is 0 Å². The van der Waals surface area contributed by atoms with Crippen LogP contribution >= 0.6 is 0 Å². The molecule has 1 aromatic carbocycles. The molecule has 1 amide bonds. The Balaban J connectivity index is 1.73. The molecule has 17 heavy (non-hydrogen) atoms. The number of nitrogens with zero attached hydrogens (tertiary/aromatic N) is 1. The summed E-state index contributed by atoms with van der Waals surface area (Å²) in [6.45, 7) is 5.04. The van der Waals surface area contributed by atoms with Crippen molar-refractivity contribution in [3.63, 3.8) is 0 Å². The number of nitrogens with one attached hydrogen (secondary N) is 1. The molecule has 3 heteroatoms. The highest BCUT2D eigenvalue weighted by Gasteiger charge is 2.43. The number of hydrogen-bond acceptors (Lipinski definition) is 2. The number of fused-ring (bicyclic) bond motifs is 1. The average molecular weight is 230 g/mol. The van der Waals surface area contributed by atoms with Gasteiger partial charge in [-0.25, -0.2) is 0 Å². The van der Waals surface area contributed by atoms with Crippen LogP contribution in [0.2, 0.25) is 0 Å². The van der Waals surface area contributed by atoms with E-state index in [0.29, 0.717) is 12.0 Å². The highest BCUT2D eigenvalue weighted by atomic mass is 16.2. The third-order valence-electron chi connectivity index (χ3n) is 4.17. The number of likely N-dealkylation sites (tertiary alicyclic amines) is 1. The SMILES string of the molecule is C[C@@H](c1ccccc1)N1C[C@@H]2CNC(=O)[C@@H]2C1. The number of hydrogen-bond donors (Lipinski definition) is 1. The zero-order chi connectivity index (χ0) is 11.8. The van der Waals surface area contributed by atoms with Crippen molar-refractivity contribution in [2.75, 3.05) is 19.6 Å². The van der Waals surface area contributed by atoms with Gasteiger partial charge in [0.25, 0.3) is 0 Å². The summed E-state index contributed by atoms with van der Waals surface area (Å²) in [6, 6.07) is 10.9. The number of carbonyl (C=O) groups excluding carboxylic acids is 1. The molecule has 0 radical (unpaired) electrons. The molecule has 0 aromatic heterocycles. The van der Waals surface area contributed by atoms with Gasteiger partial charge in [-0.1, -0.05) is 30.3 Å². The maximum atomic E-state index is 11.6. The normalized spacial score (nSPS) is 30.1. The van der Waals surface area contributed by atoms with Gasteiger partial charge in [0, 0.05) is 31.6 Å². The van der Waals surface area contributed by atoms with E-state index in [2.05, 4.69) is 41.4 Å². The second-order valence-electron chi connectivity index (χ2n) is 5.15. The van der Waals surface area contributed by atoms with Crippen LogP contribution in [-0.2, 0) is 4.79 Å². The zero-order valence-electron chi connectivity index (χ0n) is 10.1. The predicted molar refractivity (Wildman–Crippen MR) is 66.4 cm³/mol. The van der Waals surface area contributed by atoms with Crippen molar-refractivity contribution in [2.24, 2.45) is 11.8 Å². The third kappa shape index (κ3) is 1.84. The first-order chi connectivity index (χ1) is 8.25. The van der Waals surface area contributed by atoms with Gasteiger partial charge in [0.15, 0.2) is 0 Å². The lowest BCUT2D eigenvalue weighted by atomic mass is 10.0. The lowest BCUT2D eigenvalue weighted by molar-refractivity contribution is -0.122. The van der Waals surface area contributed by atoms with E-state index in [1.54, 1.807) is 0 Å². The minimum absolute atomic E-state index is 0.223. The summed E-state index contributed by atoms with van der Waals surface area (Å²) in [5.41, 5.74) is 1.34. The number of rotatable bonds is 2. The number of carbonyl (C=O) groups is 1. The Morgan fingerprint density at radius 1 is 1.29 bits per heavy atom. The van der Waals surface area contributed by atoms with Gasteiger partial charge in [-0.2, -0.15) is 0 Å². The van der Waals surface area contributed by atoms with E-state index < -0.39 is 0 Å². The van der Waals surface area contributed by atoms with Gasteiger partial charge in [0.1, 0.15) is 0 Å². The van der Waals surface area contributed by atoms with E-state index in [-0.39, 0.29) is 11.8 Å². The molecule has 3 nitrogen and oxygen atoms in total. The first-order valence-electron chi connectivity index (χ1n) is 6.32. The monoisotopic (exact) mass is 230 g/mol. The molecule has 2 heterocycles. The van der Waals surface area contributed by atoms with Gasteiger partial charge < -0.3 is 5.32 Å². The molecule has 3 atom stereocenters. The Morgan fingerprint density at radius 2 is 2.06 bits per heavy atom. The number of amides is 1. The molecule has 0 aliphatic carbocycles. The largest absolute Gasteiger partial charge is 0.355 e. The van der Waals surface area contributed by atoms with Gasteiger partial charge in [-0.05, 0) is 12.5 Å². The first-order valence-corrected chi connectivity index (χ1v) is 6.32. The van der Waals surface area contributed by atoms with Crippen molar-refractivity contribution in [3.8, 4) is 0 Å². The zero-order valence-corrected chi connectivity index (χ0v) is 10.1. The molecular weight excluding hydrogens is 212 g/mol. The van der Waals surface area contributed by atoms with Crippen LogP contribution in [0.4, 0.5) is 0 Å². The molecule has 2 aliphatic rings. The van der Waals surface area contributed by atoms with Crippen molar-refractivity contribution < 1.29 is 4.79 Å².